The van der Waals surface area contributed by atoms with E-state index < -0.39 is 51.4 Å². The summed E-state index contributed by atoms with van der Waals surface area (Å²) in [5, 5.41) is 10.5. The third-order valence-electron chi connectivity index (χ3n) is 13.7. The number of benzene rings is 4. The highest BCUT2D eigenvalue weighted by atomic mass is 32.2. The summed E-state index contributed by atoms with van der Waals surface area (Å²) in [6.45, 7) is 10.3. The van der Waals surface area contributed by atoms with Crippen molar-refractivity contribution in [3.8, 4) is 22.9 Å². The number of aliphatic imine (C=N–C) groups is 1. The number of rotatable bonds is 46. The molecule has 19 nitrogen and oxygen atoms in total. The molecule has 5 aromatic rings. The van der Waals surface area contributed by atoms with Crippen molar-refractivity contribution < 1.29 is 82.9 Å². The van der Waals surface area contributed by atoms with E-state index in [4.69, 9.17) is 63.1 Å². The number of hydrogen-bond acceptors (Lipinski definition) is 18. The van der Waals surface area contributed by atoms with Gasteiger partial charge in [0.15, 0.2) is 11.6 Å². The highest BCUT2D eigenvalue weighted by Gasteiger charge is 2.36. The zero-order valence-corrected chi connectivity index (χ0v) is 50.3. The molecule has 1 aromatic heterocycles. The Kier molecular flexibility index (Phi) is 32.0. The van der Waals surface area contributed by atoms with Crippen molar-refractivity contribution in [1.82, 2.24) is 9.29 Å². The van der Waals surface area contributed by atoms with Crippen LogP contribution in [0.15, 0.2) is 88.8 Å². The number of anilines is 1. The van der Waals surface area contributed by atoms with Crippen LogP contribution in [-0.2, 0) is 75.0 Å². The Bertz CT molecular complexity index is 3040. The second-order valence-corrected chi connectivity index (χ2v) is 22.2. The molecule has 0 aliphatic carbocycles. The molecule has 476 valence electrons. The van der Waals surface area contributed by atoms with Crippen molar-refractivity contribution in [2.24, 2.45) is 10.9 Å². The molecule has 6 rings (SSSR count). The fourth-order valence-corrected chi connectivity index (χ4v) is 10.6. The van der Waals surface area contributed by atoms with E-state index in [9.17, 15) is 36.0 Å². The summed E-state index contributed by atoms with van der Waals surface area (Å²) in [5.74, 6) is -8.81. The maximum absolute atomic E-state index is 13.9. The Balaban J connectivity index is 0.715. The van der Waals surface area contributed by atoms with E-state index >= 15 is 0 Å². The van der Waals surface area contributed by atoms with Crippen molar-refractivity contribution in [1.29, 1.82) is 5.26 Å². The van der Waals surface area contributed by atoms with Crippen molar-refractivity contribution in [2.45, 2.75) is 63.2 Å². The minimum absolute atomic E-state index is 0.0152. The summed E-state index contributed by atoms with van der Waals surface area (Å²) in [5.41, 5.74) is 12.4. The van der Waals surface area contributed by atoms with Crippen molar-refractivity contribution in [3.05, 3.63) is 119 Å². The van der Waals surface area contributed by atoms with Gasteiger partial charge in [-0.1, -0.05) is 56.2 Å². The number of carbonyl (C=O) groups is 1. The average Bonchev–Trinajstić information content (AvgIpc) is 2.26. The SMILES string of the molecule is CCCCCc1cc2ccc(-c3cccc(S(=O)(=O)N4CC(CCC(Cc5cccc(C#N)c5)=NCCOCCOCCOCCOCCOCCOCCOCCOCCOCCOCCC(=O)Oc5c(F)c(F)cc(F)c5F)C4)c3)cc2nc1N. The molecule has 1 aliphatic rings. The van der Waals surface area contributed by atoms with Crippen molar-refractivity contribution in [2.75, 3.05) is 158 Å². The molecule has 0 atom stereocenters. The van der Waals surface area contributed by atoms with Crippen LogP contribution >= 0.6 is 0 Å². The number of halogens is 4. The molecular formula is C63H81F4N5O14S. The van der Waals surface area contributed by atoms with Gasteiger partial charge in [-0.3, -0.25) is 9.79 Å². The number of unbranched alkanes of at least 4 members (excludes halogenated alkanes) is 2. The molecule has 0 radical (unpaired) electrons. The first kappa shape index (κ1) is 70.0. The van der Waals surface area contributed by atoms with Crippen molar-refractivity contribution >= 4 is 38.4 Å². The molecular weight excluding hydrogens is 1160 g/mol. The fourth-order valence-electron chi connectivity index (χ4n) is 8.95. The van der Waals surface area contributed by atoms with Crippen molar-refractivity contribution in [3.63, 3.8) is 0 Å². The minimum atomic E-state index is -3.71. The van der Waals surface area contributed by atoms with Gasteiger partial charge in [0.25, 0.3) is 0 Å². The van der Waals surface area contributed by atoms with E-state index in [1.807, 2.05) is 42.5 Å². The van der Waals surface area contributed by atoms with E-state index in [2.05, 4.69) is 23.8 Å². The first-order valence-electron chi connectivity index (χ1n) is 29.5. The van der Waals surface area contributed by atoms with Crippen LogP contribution in [0.3, 0.4) is 0 Å². The predicted octanol–water partition coefficient (Wildman–Crippen LogP) is 8.89. The number of nitrogen functional groups attached to an aromatic ring is 1. The van der Waals surface area contributed by atoms with Gasteiger partial charge in [-0.05, 0) is 90.3 Å². The number of nitrogens with zero attached hydrogens (tertiary/aromatic N) is 4. The lowest BCUT2D eigenvalue weighted by atomic mass is 9.94. The van der Waals surface area contributed by atoms with E-state index in [0.717, 1.165) is 71.0 Å². The quantitative estimate of drug-likeness (QED) is 0.00957. The predicted molar refractivity (Wildman–Crippen MR) is 318 cm³/mol. The summed E-state index contributed by atoms with van der Waals surface area (Å²) in [7, 11) is -3.71. The number of sulfonamides is 1. The molecule has 87 heavy (non-hydrogen) atoms. The van der Waals surface area contributed by atoms with Gasteiger partial charge in [0.2, 0.25) is 27.4 Å². The number of nitrogens with two attached hydrogens (primary N) is 1. The number of aryl methyl sites for hydroxylation is 1. The number of hydrogen-bond donors (Lipinski definition) is 1. The average molecular weight is 1240 g/mol. The highest BCUT2D eigenvalue weighted by molar-refractivity contribution is 7.89. The Hall–Kier alpha value is -6.05. The third-order valence-corrected chi connectivity index (χ3v) is 15.5. The van der Waals surface area contributed by atoms with Gasteiger partial charge in [-0.15, -0.1) is 0 Å². The summed E-state index contributed by atoms with van der Waals surface area (Å²) in [6.07, 6.45) is 5.88. The minimum Gasteiger partial charge on any atom is -0.420 e. The number of carbonyl (C=O) groups excluding carboxylic acids is 1. The molecule has 1 aliphatic heterocycles. The lowest BCUT2D eigenvalue weighted by molar-refractivity contribution is -0.136. The first-order valence-corrected chi connectivity index (χ1v) is 30.9. The van der Waals surface area contributed by atoms with Gasteiger partial charge in [0.1, 0.15) is 5.82 Å². The van der Waals surface area contributed by atoms with Crippen LogP contribution in [0, 0.1) is 40.5 Å². The normalized spacial score (nSPS) is 13.1. The Morgan fingerprint density at radius 3 is 1.72 bits per heavy atom. The second-order valence-electron chi connectivity index (χ2n) is 20.2. The summed E-state index contributed by atoms with van der Waals surface area (Å²) in [4.78, 5) is 21.6. The largest absolute Gasteiger partial charge is 0.420 e. The molecule has 2 heterocycles. The zero-order chi connectivity index (χ0) is 61.9. The van der Waals surface area contributed by atoms with E-state index in [1.54, 1.807) is 28.6 Å². The standard InChI is InChI=1S/C63H81F4N5O14S/c1-2-3-4-9-53-40-52-14-13-51(42-58(52)71-63(53)69)50-10-6-11-55(41-50)87(74,75)72-45-49(46-72)12-15-54(39-47-7-5-8-48(38-47)44-68)70-17-19-77-21-23-79-25-27-81-29-31-83-33-35-85-37-36-84-34-32-82-30-28-80-26-24-78-22-20-76-18-16-59(73)86-62-60(66)56(64)43-57(65)61(62)67/h5-8,10-11,13-14,38,40-43,49H,2-4,9,12,15-37,39,45-46H2,1H3,(H2,69,71). The van der Waals surface area contributed by atoms with Crippen LogP contribution in [0.5, 0.6) is 5.75 Å². The number of nitriles is 1. The Morgan fingerprint density at radius 2 is 1.17 bits per heavy atom. The number of pyridine rings is 1. The topological polar surface area (TPSA) is 231 Å². The molecule has 0 spiro atoms. The molecule has 1 saturated heterocycles. The summed E-state index contributed by atoms with van der Waals surface area (Å²) in [6, 6.07) is 24.9. The molecule has 0 bridgehead atoms. The third kappa shape index (κ3) is 25.2. The number of esters is 1. The van der Waals surface area contributed by atoms with Gasteiger partial charge in [0.05, 0.1) is 167 Å². The van der Waals surface area contributed by atoms with E-state index in [-0.39, 0.29) is 43.3 Å². The number of aromatic nitrogens is 1. The van der Waals surface area contributed by atoms with Gasteiger partial charge >= 0.3 is 5.97 Å². The van der Waals surface area contributed by atoms with Crippen LogP contribution < -0.4 is 10.5 Å². The molecule has 0 amide bonds. The van der Waals surface area contributed by atoms with Crippen LogP contribution in [0.4, 0.5) is 23.4 Å². The van der Waals surface area contributed by atoms with Gasteiger partial charge in [0, 0.05) is 36.7 Å². The molecule has 1 fully saturated rings. The molecule has 0 unspecified atom stereocenters. The monoisotopic (exact) mass is 1240 g/mol. The molecule has 2 N–H and O–H groups in total. The van der Waals surface area contributed by atoms with E-state index in [1.165, 1.54) is 0 Å². The lowest BCUT2D eigenvalue weighted by Gasteiger charge is -2.38. The van der Waals surface area contributed by atoms with Gasteiger partial charge < -0.3 is 57.8 Å². The van der Waals surface area contributed by atoms with Crippen LogP contribution in [0.25, 0.3) is 22.0 Å². The number of fused-ring (bicyclic) bond motifs is 1. The maximum Gasteiger partial charge on any atom is 0.313 e. The van der Waals surface area contributed by atoms with E-state index in [0.29, 0.717) is 150 Å². The van der Waals surface area contributed by atoms with Gasteiger partial charge in [-0.2, -0.15) is 18.3 Å². The Labute approximate surface area is 507 Å². The lowest BCUT2D eigenvalue weighted by Crippen LogP contribution is -2.49. The van der Waals surface area contributed by atoms with Crippen LogP contribution in [0.1, 0.15) is 62.1 Å². The van der Waals surface area contributed by atoms with Crippen LogP contribution in [0.2, 0.25) is 0 Å². The number of ether oxygens (including phenoxy) is 11. The van der Waals surface area contributed by atoms with Gasteiger partial charge in [-0.25, -0.2) is 22.2 Å². The first-order chi connectivity index (χ1) is 42.4. The van der Waals surface area contributed by atoms with Crippen LogP contribution in [-0.4, -0.2) is 181 Å². The molecule has 24 heteroatoms. The fraction of sp³-hybridized carbons (Fsp3) is 0.524. The summed E-state index contributed by atoms with van der Waals surface area (Å²) < 4.78 is 142. The highest BCUT2D eigenvalue weighted by Crippen LogP contribution is 2.32. The zero-order valence-electron chi connectivity index (χ0n) is 49.5. The Morgan fingerprint density at radius 1 is 0.644 bits per heavy atom. The molecule has 0 saturated carbocycles. The smallest absolute Gasteiger partial charge is 0.313 e. The second kappa shape index (κ2) is 39.8. The summed E-state index contributed by atoms with van der Waals surface area (Å²) >= 11 is 0. The molecule has 4 aromatic carbocycles. The maximum atomic E-state index is 13.9.